The van der Waals surface area contributed by atoms with Gasteiger partial charge in [-0.15, -0.1) is 11.8 Å². The maximum Gasteiger partial charge on any atom is 0.258 e. The Kier molecular flexibility index (Phi) is 5.63. The van der Waals surface area contributed by atoms with Crippen LogP contribution in [0.25, 0.3) is 0 Å². The molecule has 8 heteroatoms. The van der Waals surface area contributed by atoms with E-state index in [-0.39, 0.29) is 17.5 Å². The van der Waals surface area contributed by atoms with Crippen LogP contribution in [0.15, 0.2) is 50.4 Å². The van der Waals surface area contributed by atoms with E-state index < -0.39 is 0 Å². The molecule has 0 radical (unpaired) electrons. The van der Waals surface area contributed by atoms with Crippen molar-refractivity contribution in [2.24, 2.45) is 0 Å². The number of aryl methyl sites for hydroxylation is 2. The zero-order chi connectivity index (χ0) is 18.7. The molecule has 1 amide bonds. The van der Waals surface area contributed by atoms with Crippen LogP contribution in [0.1, 0.15) is 27.4 Å². The van der Waals surface area contributed by atoms with Gasteiger partial charge in [0.15, 0.2) is 11.6 Å². The standard InChI is InChI=1S/C18H16BrN3O3S/c1-10-13(11(2)25-22-10)9-26-15-6-4-3-5-12(15)18(24)21-17-14(23)7-8-16(19)20-17/h3-8,23H,9H2,1-2H3,(H,20,21,24). The van der Waals surface area contributed by atoms with E-state index in [1.54, 1.807) is 18.2 Å². The highest BCUT2D eigenvalue weighted by Crippen LogP contribution is 2.30. The van der Waals surface area contributed by atoms with Crippen molar-refractivity contribution in [3.8, 4) is 5.75 Å². The van der Waals surface area contributed by atoms with Crippen molar-refractivity contribution in [1.82, 2.24) is 10.1 Å². The lowest BCUT2D eigenvalue weighted by atomic mass is 10.2. The fourth-order valence-electron chi connectivity index (χ4n) is 2.33. The second-order valence-electron chi connectivity index (χ2n) is 5.54. The van der Waals surface area contributed by atoms with Gasteiger partial charge in [-0.2, -0.15) is 0 Å². The number of amides is 1. The van der Waals surface area contributed by atoms with Crippen molar-refractivity contribution in [2.75, 3.05) is 5.32 Å². The molecule has 26 heavy (non-hydrogen) atoms. The fourth-order valence-corrected chi connectivity index (χ4v) is 3.85. The monoisotopic (exact) mass is 433 g/mol. The number of benzene rings is 1. The molecule has 2 N–H and O–H groups in total. The van der Waals surface area contributed by atoms with E-state index in [4.69, 9.17) is 4.52 Å². The van der Waals surface area contributed by atoms with Crippen LogP contribution >= 0.6 is 27.7 Å². The quantitative estimate of drug-likeness (QED) is 0.447. The number of carbonyl (C=O) groups is 1. The Morgan fingerprint density at radius 3 is 2.77 bits per heavy atom. The molecule has 0 unspecified atom stereocenters. The molecule has 3 rings (SSSR count). The average molecular weight is 434 g/mol. The topological polar surface area (TPSA) is 88.3 Å². The Labute approximate surface area is 163 Å². The summed E-state index contributed by atoms with van der Waals surface area (Å²) in [5, 5.41) is 16.5. The Hall–Kier alpha value is -2.32. The van der Waals surface area contributed by atoms with Crippen molar-refractivity contribution in [3.05, 3.63) is 63.6 Å². The number of aromatic nitrogens is 2. The molecule has 0 aliphatic carbocycles. The van der Waals surface area contributed by atoms with Crippen LogP contribution in [0.5, 0.6) is 5.75 Å². The number of halogens is 1. The normalized spacial score (nSPS) is 10.7. The second-order valence-corrected chi connectivity index (χ2v) is 7.37. The number of nitrogens with one attached hydrogen (secondary N) is 1. The first-order valence-electron chi connectivity index (χ1n) is 7.76. The first-order chi connectivity index (χ1) is 12.5. The van der Waals surface area contributed by atoms with E-state index in [2.05, 4.69) is 31.4 Å². The molecular formula is C18H16BrN3O3S. The third kappa shape index (κ3) is 4.08. The molecular weight excluding hydrogens is 418 g/mol. The van der Waals surface area contributed by atoms with Crippen LogP contribution in [0, 0.1) is 13.8 Å². The highest BCUT2D eigenvalue weighted by molar-refractivity contribution is 9.10. The maximum absolute atomic E-state index is 12.7. The number of aromatic hydroxyl groups is 1. The molecule has 0 fully saturated rings. The number of thioether (sulfide) groups is 1. The summed E-state index contributed by atoms with van der Waals surface area (Å²) < 4.78 is 5.70. The predicted octanol–water partition coefficient (Wildman–Crippen LogP) is 4.70. The Morgan fingerprint density at radius 1 is 1.27 bits per heavy atom. The van der Waals surface area contributed by atoms with E-state index in [9.17, 15) is 9.90 Å². The third-order valence-corrected chi connectivity index (χ3v) is 5.30. The highest BCUT2D eigenvalue weighted by Gasteiger charge is 2.16. The molecule has 0 aliphatic rings. The van der Waals surface area contributed by atoms with E-state index in [0.29, 0.717) is 15.9 Å². The van der Waals surface area contributed by atoms with Crippen LogP contribution in [0.4, 0.5) is 5.82 Å². The molecule has 1 aromatic carbocycles. The molecule has 2 aromatic heterocycles. The highest BCUT2D eigenvalue weighted by atomic mass is 79.9. The van der Waals surface area contributed by atoms with Crippen molar-refractivity contribution < 1.29 is 14.4 Å². The number of hydrogen-bond donors (Lipinski definition) is 2. The summed E-state index contributed by atoms with van der Waals surface area (Å²) in [6, 6.07) is 10.3. The van der Waals surface area contributed by atoms with Gasteiger partial charge in [0.05, 0.1) is 11.3 Å². The van der Waals surface area contributed by atoms with E-state index in [0.717, 1.165) is 21.9 Å². The molecule has 0 atom stereocenters. The number of nitrogens with zero attached hydrogens (tertiary/aromatic N) is 2. The van der Waals surface area contributed by atoms with Crippen molar-refractivity contribution in [3.63, 3.8) is 0 Å². The van der Waals surface area contributed by atoms with Gasteiger partial charge in [0.25, 0.3) is 5.91 Å². The Morgan fingerprint density at radius 2 is 2.04 bits per heavy atom. The van der Waals surface area contributed by atoms with Crippen molar-refractivity contribution in [1.29, 1.82) is 0 Å². The SMILES string of the molecule is Cc1noc(C)c1CSc1ccccc1C(=O)Nc1nc(Br)ccc1O. The zero-order valence-corrected chi connectivity index (χ0v) is 16.5. The van der Waals surface area contributed by atoms with Gasteiger partial charge in [0.1, 0.15) is 10.4 Å². The molecule has 0 aliphatic heterocycles. The van der Waals surface area contributed by atoms with Crippen LogP contribution < -0.4 is 5.32 Å². The van der Waals surface area contributed by atoms with Gasteiger partial charge < -0.3 is 14.9 Å². The molecule has 0 bridgehead atoms. The third-order valence-electron chi connectivity index (χ3n) is 3.76. The summed E-state index contributed by atoms with van der Waals surface area (Å²) in [6.07, 6.45) is 0. The van der Waals surface area contributed by atoms with Crippen molar-refractivity contribution >= 4 is 39.4 Å². The van der Waals surface area contributed by atoms with E-state index in [1.807, 2.05) is 26.0 Å². The van der Waals surface area contributed by atoms with Crippen LogP contribution in [-0.4, -0.2) is 21.2 Å². The lowest BCUT2D eigenvalue weighted by Gasteiger charge is -2.10. The lowest BCUT2D eigenvalue weighted by Crippen LogP contribution is -2.14. The summed E-state index contributed by atoms with van der Waals surface area (Å²) >= 11 is 4.75. The van der Waals surface area contributed by atoms with E-state index in [1.165, 1.54) is 17.8 Å². The number of hydrogen-bond acceptors (Lipinski definition) is 6. The Bertz CT molecular complexity index is 939. The summed E-state index contributed by atoms with van der Waals surface area (Å²) in [5.41, 5.74) is 2.38. The van der Waals surface area contributed by atoms with E-state index >= 15 is 0 Å². The lowest BCUT2D eigenvalue weighted by molar-refractivity contribution is 0.102. The van der Waals surface area contributed by atoms with Crippen LogP contribution in [0.2, 0.25) is 0 Å². The van der Waals surface area contributed by atoms with Gasteiger partial charge in [0.2, 0.25) is 0 Å². The number of pyridine rings is 1. The molecule has 0 spiro atoms. The van der Waals surface area contributed by atoms with Crippen molar-refractivity contribution in [2.45, 2.75) is 24.5 Å². The summed E-state index contributed by atoms with van der Waals surface area (Å²) in [6.45, 7) is 3.77. The zero-order valence-electron chi connectivity index (χ0n) is 14.1. The van der Waals surface area contributed by atoms with Crippen LogP contribution in [0.3, 0.4) is 0 Å². The van der Waals surface area contributed by atoms with Gasteiger partial charge in [-0.05, 0) is 54.0 Å². The first kappa shape index (κ1) is 18.5. The van der Waals surface area contributed by atoms with Gasteiger partial charge in [-0.3, -0.25) is 4.79 Å². The molecule has 0 saturated heterocycles. The number of anilines is 1. The number of carbonyl (C=O) groups excluding carboxylic acids is 1. The minimum absolute atomic E-state index is 0.0950. The van der Waals surface area contributed by atoms with Gasteiger partial charge in [-0.1, -0.05) is 17.3 Å². The predicted molar refractivity (Wildman–Crippen MR) is 104 cm³/mol. The minimum atomic E-state index is -0.340. The second kappa shape index (κ2) is 7.92. The average Bonchev–Trinajstić information content (AvgIpc) is 2.94. The first-order valence-corrected chi connectivity index (χ1v) is 9.54. The smallest absolute Gasteiger partial charge is 0.258 e. The molecule has 0 saturated carbocycles. The van der Waals surface area contributed by atoms with Gasteiger partial charge >= 0.3 is 0 Å². The summed E-state index contributed by atoms with van der Waals surface area (Å²) in [4.78, 5) is 17.6. The maximum atomic E-state index is 12.7. The molecule has 6 nitrogen and oxygen atoms in total. The summed E-state index contributed by atoms with van der Waals surface area (Å²) in [5.74, 6) is 1.09. The molecule has 3 aromatic rings. The Balaban J connectivity index is 1.80. The number of rotatable bonds is 5. The molecule has 2 heterocycles. The summed E-state index contributed by atoms with van der Waals surface area (Å²) in [7, 11) is 0. The fraction of sp³-hybridized carbons (Fsp3) is 0.167. The largest absolute Gasteiger partial charge is 0.504 e. The van der Waals surface area contributed by atoms with Gasteiger partial charge in [-0.25, -0.2) is 4.98 Å². The minimum Gasteiger partial charge on any atom is -0.504 e. The van der Waals surface area contributed by atoms with Crippen LogP contribution in [-0.2, 0) is 5.75 Å². The van der Waals surface area contributed by atoms with Gasteiger partial charge in [0, 0.05) is 16.2 Å². The molecule has 134 valence electrons.